The van der Waals surface area contributed by atoms with E-state index in [1.54, 1.807) is 42.5 Å². The van der Waals surface area contributed by atoms with Crippen molar-refractivity contribution < 1.29 is 23.5 Å². The molecule has 4 aromatic rings. The summed E-state index contributed by atoms with van der Waals surface area (Å²) in [6.45, 7) is 0. The van der Waals surface area contributed by atoms with Crippen LogP contribution in [-0.2, 0) is 11.2 Å². The summed E-state index contributed by atoms with van der Waals surface area (Å²) in [5, 5.41) is 7.48. The molecule has 0 fully saturated rings. The molecule has 2 heterocycles. The van der Waals surface area contributed by atoms with Gasteiger partial charge in [0.15, 0.2) is 0 Å². The van der Waals surface area contributed by atoms with E-state index in [4.69, 9.17) is 13.9 Å². The third kappa shape index (κ3) is 3.81. The SMILES string of the molecule is O=C(Oc1ccc(-c2nnco2)cc1)c1ccc2c(c1)CC(c1ccccc1)OC2=O. The lowest BCUT2D eigenvalue weighted by Gasteiger charge is -2.25. The standard InChI is InChI=1S/C24H16N2O5/c27-23(30-19-9-6-16(7-10-19)22-26-25-14-29-22)17-8-11-20-18(12-17)13-21(31-24(20)28)15-4-2-1-3-5-15/h1-12,14,21H,13H2. The molecule has 7 nitrogen and oxygen atoms in total. The van der Waals surface area contributed by atoms with E-state index >= 15 is 0 Å². The van der Waals surface area contributed by atoms with Crippen molar-refractivity contribution in [2.24, 2.45) is 0 Å². The molecule has 1 atom stereocenters. The van der Waals surface area contributed by atoms with Crippen LogP contribution in [0.25, 0.3) is 11.5 Å². The van der Waals surface area contributed by atoms with Crippen LogP contribution in [0.1, 0.15) is 37.9 Å². The zero-order valence-electron chi connectivity index (χ0n) is 16.2. The van der Waals surface area contributed by atoms with Crippen molar-refractivity contribution in [2.75, 3.05) is 0 Å². The van der Waals surface area contributed by atoms with E-state index in [1.165, 1.54) is 6.39 Å². The van der Waals surface area contributed by atoms with Gasteiger partial charge in [-0.2, -0.15) is 0 Å². The number of nitrogens with zero attached hydrogens (tertiary/aromatic N) is 2. The Labute approximate surface area is 177 Å². The molecule has 1 aliphatic heterocycles. The fourth-order valence-electron chi connectivity index (χ4n) is 3.51. The summed E-state index contributed by atoms with van der Waals surface area (Å²) in [6, 6.07) is 21.2. The molecule has 31 heavy (non-hydrogen) atoms. The molecule has 1 aliphatic rings. The molecule has 1 aromatic heterocycles. The number of cyclic esters (lactones) is 1. The number of rotatable bonds is 4. The molecule has 152 valence electrons. The highest BCUT2D eigenvalue weighted by atomic mass is 16.5. The maximum absolute atomic E-state index is 12.7. The van der Waals surface area contributed by atoms with E-state index in [-0.39, 0.29) is 6.10 Å². The molecule has 0 bridgehead atoms. The van der Waals surface area contributed by atoms with Crippen LogP contribution in [0.4, 0.5) is 0 Å². The molecule has 0 radical (unpaired) electrons. The lowest BCUT2D eigenvalue weighted by molar-refractivity contribution is 0.0252. The van der Waals surface area contributed by atoms with Gasteiger partial charge >= 0.3 is 11.9 Å². The largest absolute Gasteiger partial charge is 0.454 e. The summed E-state index contributed by atoms with van der Waals surface area (Å²) < 4.78 is 16.2. The third-order valence-electron chi connectivity index (χ3n) is 5.06. The zero-order chi connectivity index (χ0) is 21.2. The highest BCUT2D eigenvalue weighted by Crippen LogP contribution is 2.31. The van der Waals surface area contributed by atoms with E-state index in [1.807, 2.05) is 30.3 Å². The smallest absolute Gasteiger partial charge is 0.343 e. The number of carbonyl (C=O) groups is 2. The van der Waals surface area contributed by atoms with E-state index in [9.17, 15) is 9.59 Å². The molecule has 5 rings (SSSR count). The van der Waals surface area contributed by atoms with Gasteiger partial charge in [-0.1, -0.05) is 30.3 Å². The second kappa shape index (κ2) is 7.87. The van der Waals surface area contributed by atoms with Crippen LogP contribution >= 0.6 is 0 Å². The van der Waals surface area contributed by atoms with Gasteiger partial charge in [-0.15, -0.1) is 10.2 Å². The van der Waals surface area contributed by atoms with Gasteiger partial charge < -0.3 is 13.9 Å². The molecule has 1 unspecified atom stereocenters. The maximum Gasteiger partial charge on any atom is 0.343 e. The Morgan fingerprint density at radius 3 is 2.55 bits per heavy atom. The van der Waals surface area contributed by atoms with Gasteiger partial charge in [0.05, 0.1) is 11.1 Å². The van der Waals surface area contributed by atoms with E-state index in [2.05, 4.69) is 10.2 Å². The minimum atomic E-state index is -0.511. The highest BCUT2D eigenvalue weighted by molar-refractivity contribution is 5.96. The Hall–Kier alpha value is -4.26. The van der Waals surface area contributed by atoms with Crippen LogP contribution in [0, 0.1) is 0 Å². The van der Waals surface area contributed by atoms with Crippen molar-refractivity contribution in [3.8, 4) is 17.2 Å². The zero-order valence-corrected chi connectivity index (χ0v) is 16.2. The number of hydrogen-bond acceptors (Lipinski definition) is 7. The number of ether oxygens (including phenoxy) is 2. The average Bonchev–Trinajstić information content (AvgIpc) is 3.35. The Morgan fingerprint density at radius 1 is 1.00 bits per heavy atom. The minimum absolute atomic E-state index is 0.362. The molecule has 0 spiro atoms. The number of esters is 2. The van der Waals surface area contributed by atoms with Gasteiger partial charge in [-0.05, 0) is 53.6 Å². The summed E-state index contributed by atoms with van der Waals surface area (Å²) in [5.41, 5.74) is 3.22. The second-order valence-electron chi connectivity index (χ2n) is 7.04. The number of aromatic nitrogens is 2. The highest BCUT2D eigenvalue weighted by Gasteiger charge is 2.28. The summed E-state index contributed by atoms with van der Waals surface area (Å²) in [5.74, 6) is -0.143. The third-order valence-corrected chi connectivity index (χ3v) is 5.06. The number of benzene rings is 3. The van der Waals surface area contributed by atoms with Gasteiger partial charge in [0.2, 0.25) is 12.3 Å². The van der Waals surface area contributed by atoms with Crippen molar-refractivity contribution in [1.82, 2.24) is 10.2 Å². The Balaban J connectivity index is 1.34. The molecule has 0 saturated carbocycles. The molecule has 0 saturated heterocycles. The Kier molecular flexibility index (Phi) is 4.76. The van der Waals surface area contributed by atoms with Crippen LogP contribution in [0.2, 0.25) is 0 Å². The molecule has 0 amide bonds. The van der Waals surface area contributed by atoms with Crippen LogP contribution < -0.4 is 4.74 Å². The van der Waals surface area contributed by atoms with Crippen LogP contribution in [0.3, 0.4) is 0 Å². The second-order valence-corrected chi connectivity index (χ2v) is 7.04. The molecular weight excluding hydrogens is 396 g/mol. The van der Waals surface area contributed by atoms with Gasteiger partial charge in [0, 0.05) is 12.0 Å². The van der Waals surface area contributed by atoms with Crippen molar-refractivity contribution in [3.05, 3.63) is 101 Å². The predicted octanol–water partition coefficient (Wildman–Crippen LogP) is 4.41. The molecule has 0 N–H and O–H groups in total. The quantitative estimate of drug-likeness (QED) is 0.362. The fourth-order valence-corrected chi connectivity index (χ4v) is 3.51. The summed E-state index contributed by atoms with van der Waals surface area (Å²) >= 11 is 0. The summed E-state index contributed by atoms with van der Waals surface area (Å²) in [6.07, 6.45) is 1.35. The van der Waals surface area contributed by atoms with Crippen molar-refractivity contribution in [2.45, 2.75) is 12.5 Å². The molecular formula is C24H16N2O5. The normalized spacial score (nSPS) is 15.1. The number of carbonyl (C=O) groups excluding carboxylic acids is 2. The Morgan fingerprint density at radius 2 is 1.81 bits per heavy atom. The first-order valence-corrected chi connectivity index (χ1v) is 9.65. The minimum Gasteiger partial charge on any atom is -0.454 e. The topological polar surface area (TPSA) is 91.5 Å². The fraction of sp³-hybridized carbons (Fsp3) is 0.0833. The number of fused-ring (bicyclic) bond motifs is 1. The van der Waals surface area contributed by atoms with E-state index in [0.717, 1.165) is 16.7 Å². The maximum atomic E-state index is 12.7. The first kappa shape index (κ1) is 18.7. The van der Waals surface area contributed by atoms with Gasteiger partial charge in [0.1, 0.15) is 11.9 Å². The summed E-state index contributed by atoms with van der Waals surface area (Å²) in [4.78, 5) is 25.1. The predicted molar refractivity (Wildman–Crippen MR) is 109 cm³/mol. The first-order valence-electron chi connectivity index (χ1n) is 9.65. The summed E-state index contributed by atoms with van der Waals surface area (Å²) in [7, 11) is 0. The molecule has 3 aromatic carbocycles. The van der Waals surface area contributed by atoms with Crippen molar-refractivity contribution in [1.29, 1.82) is 0 Å². The van der Waals surface area contributed by atoms with Gasteiger partial charge in [-0.3, -0.25) is 0 Å². The Bertz CT molecular complexity index is 1230. The van der Waals surface area contributed by atoms with Gasteiger partial charge in [-0.25, -0.2) is 9.59 Å². The van der Waals surface area contributed by atoms with Crippen molar-refractivity contribution in [3.63, 3.8) is 0 Å². The molecule has 7 heteroatoms. The average molecular weight is 412 g/mol. The molecule has 0 aliphatic carbocycles. The van der Waals surface area contributed by atoms with Crippen LogP contribution in [0.15, 0.2) is 83.6 Å². The van der Waals surface area contributed by atoms with Crippen LogP contribution in [0.5, 0.6) is 5.75 Å². The van der Waals surface area contributed by atoms with Crippen molar-refractivity contribution >= 4 is 11.9 Å². The number of hydrogen-bond donors (Lipinski definition) is 0. The van der Waals surface area contributed by atoms with Crippen LogP contribution in [-0.4, -0.2) is 22.1 Å². The first-order chi connectivity index (χ1) is 15.2. The van der Waals surface area contributed by atoms with E-state index in [0.29, 0.717) is 29.2 Å². The van der Waals surface area contributed by atoms with E-state index < -0.39 is 11.9 Å². The van der Waals surface area contributed by atoms with Gasteiger partial charge in [0.25, 0.3) is 0 Å². The lowest BCUT2D eigenvalue weighted by Crippen LogP contribution is -2.22. The monoisotopic (exact) mass is 412 g/mol. The lowest BCUT2D eigenvalue weighted by atomic mass is 9.93.